The highest BCUT2D eigenvalue weighted by atomic mass is 19.1. The molecule has 0 spiro atoms. The number of aromatic nitrogens is 2. The predicted octanol–water partition coefficient (Wildman–Crippen LogP) is 6.29. The molecular weight excluding hydrogens is 469 g/mol. The fraction of sp³-hybridized carbons (Fsp3) is 0.0667. The molecule has 0 aliphatic carbocycles. The van der Waals surface area contributed by atoms with E-state index in [9.17, 15) is 14.0 Å². The Morgan fingerprint density at radius 3 is 1.92 bits per heavy atom. The summed E-state index contributed by atoms with van der Waals surface area (Å²) >= 11 is 0. The molecule has 0 radical (unpaired) electrons. The molecule has 4 aromatic carbocycles. The van der Waals surface area contributed by atoms with Crippen LogP contribution in [-0.4, -0.2) is 27.9 Å². The number of carbonyl (C=O) groups excluding carboxylic acids is 2. The lowest BCUT2D eigenvalue weighted by Gasteiger charge is -2.14. The van der Waals surface area contributed by atoms with Crippen LogP contribution in [0.3, 0.4) is 0 Å². The number of hydrogen-bond acceptors (Lipinski definition) is 5. The standard InChI is InChI=1S/C30H22FN3O3/c1-19(29(35)32-24-15-13-23(31)14-16-24)37-30(36)22-12-17-25-26(18-22)34-28(21-10-6-3-7-11-21)27(33-25)20-8-4-2-5-9-20/h2-19H,1H3,(H,32,35). The van der Waals surface area contributed by atoms with Crippen molar-refractivity contribution >= 4 is 28.6 Å². The lowest BCUT2D eigenvalue weighted by atomic mass is 10.0. The van der Waals surface area contributed by atoms with Crippen LogP contribution in [0.15, 0.2) is 103 Å². The van der Waals surface area contributed by atoms with Gasteiger partial charge in [-0.25, -0.2) is 19.2 Å². The van der Waals surface area contributed by atoms with Gasteiger partial charge in [0.25, 0.3) is 5.91 Å². The number of nitrogens with zero attached hydrogens (tertiary/aromatic N) is 2. The number of fused-ring (bicyclic) bond motifs is 1. The molecule has 0 saturated carbocycles. The first-order chi connectivity index (χ1) is 18.0. The monoisotopic (exact) mass is 491 g/mol. The van der Waals surface area contributed by atoms with Crippen LogP contribution in [0.4, 0.5) is 10.1 Å². The zero-order valence-corrected chi connectivity index (χ0v) is 19.9. The van der Waals surface area contributed by atoms with Crippen LogP contribution in [-0.2, 0) is 9.53 Å². The summed E-state index contributed by atoms with van der Waals surface area (Å²) in [5, 5.41) is 2.60. The molecule has 0 aliphatic rings. The van der Waals surface area contributed by atoms with Gasteiger partial charge < -0.3 is 10.1 Å². The molecule has 1 atom stereocenters. The Morgan fingerprint density at radius 1 is 0.757 bits per heavy atom. The van der Waals surface area contributed by atoms with E-state index in [4.69, 9.17) is 14.7 Å². The molecular formula is C30H22FN3O3. The van der Waals surface area contributed by atoms with E-state index < -0.39 is 23.8 Å². The second-order valence-electron chi connectivity index (χ2n) is 8.40. The van der Waals surface area contributed by atoms with Crippen molar-refractivity contribution in [3.8, 4) is 22.5 Å². The van der Waals surface area contributed by atoms with Gasteiger partial charge in [-0.2, -0.15) is 0 Å². The van der Waals surface area contributed by atoms with Crippen molar-refractivity contribution in [3.05, 3.63) is 115 Å². The number of rotatable bonds is 6. The van der Waals surface area contributed by atoms with Crippen LogP contribution in [0.5, 0.6) is 0 Å². The minimum Gasteiger partial charge on any atom is -0.449 e. The Kier molecular flexibility index (Phi) is 6.68. The first-order valence-corrected chi connectivity index (χ1v) is 11.7. The van der Waals surface area contributed by atoms with E-state index in [1.807, 2.05) is 60.7 Å². The molecule has 182 valence electrons. The number of hydrogen-bond donors (Lipinski definition) is 1. The van der Waals surface area contributed by atoms with Gasteiger partial charge in [0.05, 0.1) is 28.0 Å². The zero-order chi connectivity index (χ0) is 25.8. The zero-order valence-electron chi connectivity index (χ0n) is 19.9. The van der Waals surface area contributed by atoms with Gasteiger partial charge in [-0.3, -0.25) is 4.79 Å². The van der Waals surface area contributed by atoms with Crippen molar-refractivity contribution in [2.24, 2.45) is 0 Å². The number of amides is 1. The van der Waals surface area contributed by atoms with Gasteiger partial charge in [-0.15, -0.1) is 0 Å². The van der Waals surface area contributed by atoms with E-state index in [2.05, 4.69) is 5.32 Å². The largest absolute Gasteiger partial charge is 0.449 e. The van der Waals surface area contributed by atoms with Crippen LogP contribution < -0.4 is 5.32 Å². The Hall–Kier alpha value is -4.91. The molecule has 5 rings (SSSR count). The third-order valence-corrected chi connectivity index (χ3v) is 5.76. The lowest BCUT2D eigenvalue weighted by Crippen LogP contribution is -2.30. The Labute approximate surface area is 212 Å². The number of halogens is 1. The summed E-state index contributed by atoms with van der Waals surface area (Å²) < 4.78 is 18.5. The smallest absolute Gasteiger partial charge is 0.338 e. The average Bonchev–Trinajstić information content (AvgIpc) is 2.94. The Morgan fingerprint density at radius 2 is 1.32 bits per heavy atom. The highest BCUT2D eigenvalue weighted by Gasteiger charge is 2.20. The third-order valence-electron chi connectivity index (χ3n) is 5.76. The summed E-state index contributed by atoms with van der Waals surface area (Å²) in [7, 11) is 0. The molecule has 0 saturated heterocycles. The molecule has 0 aliphatic heterocycles. The minimum absolute atomic E-state index is 0.245. The van der Waals surface area contributed by atoms with Gasteiger partial charge in [-0.1, -0.05) is 60.7 Å². The van der Waals surface area contributed by atoms with Crippen molar-refractivity contribution in [1.82, 2.24) is 9.97 Å². The highest BCUT2D eigenvalue weighted by molar-refractivity contribution is 5.99. The number of ether oxygens (including phenoxy) is 1. The first-order valence-electron chi connectivity index (χ1n) is 11.7. The SMILES string of the molecule is CC(OC(=O)c1ccc2nc(-c3ccccc3)c(-c3ccccc3)nc2c1)C(=O)Nc1ccc(F)cc1. The molecule has 1 N–H and O–H groups in total. The first kappa shape index (κ1) is 23.8. The van der Waals surface area contributed by atoms with E-state index in [-0.39, 0.29) is 5.56 Å². The maximum absolute atomic E-state index is 13.1. The fourth-order valence-corrected chi connectivity index (χ4v) is 3.84. The second-order valence-corrected chi connectivity index (χ2v) is 8.40. The van der Waals surface area contributed by atoms with Crippen LogP contribution in [0.25, 0.3) is 33.5 Å². The summed E-state index contributed by atoms with van der Waals surface area (Å²) in [6.07, 6.45) is -1.07. The molecule has 1 unspecified atom stereocenters. The van der Waals surface area contributed by atoms with Crippen molar-refractivity contribution < 1.29 is 18.7 Å². The minimum atomic E-state index is -1.07. The van der Waals surface area contributed by atoms with Gasteiger partial charge in [0.1, 0.15) is 5.82 Å². The number of benzene rings is 4. The highest BCUT2D eigenvalue weighted by Crippen LogP contribution is 2.31. The molecule has 1 aromatic heterocycles. The molecule has 1 amide bonds. The van der Waals surface area contributed by atoms with Crippen molar-refractivity contribution in [3.63, 3.8) is 0 Å². The summed E-state index contributed by atoms with van der Waals surface area (Å²) in [5.41, 5.74) is 5.05. The Bertz CT molecular complexity index is 1570. The quantitative estimate of drug-likeness (QED) is 0.283. The molecule has 0 bridgehead atoms. The topological polar surface area (TPSA) is 81.2 Å². The molecule has 0 fully saturated rings. The average molecular weight is 492 g/mol. The molecule has 6 nitrogen and oxygen atoms in total. The summed E-state index contributed by atoms with van der Waals surface area (Å²) in [6, 6.07) is 29.7. The van der Waals surface area contributed by atoms with Crippen molar-refractivity contribution in [1.29, 1.82) is 0 Å². The molecule has 37 heavy (non-hydrogen) atoms. The summed E-state index contributed by atoms with van der Waals surface area (Å²) in [4.78, 5) is 35.0. The third kappa shape index (κ3) is 5.36. The van der Waals surface area contributed by atoms with E-state index in [1.165, 1.54) is 31.2 Å². The van der Waals surface area contributed by atoms with E-state index in [0.29, 0.717) is 22.4 Å². The molecule has 5 aromatic rings. The second kappa shape index (κ2) is 10.4. The van der Waals surface area contributed by atoms with Crippen molar-refractivity contribution in [2.75, 3.05) is 5.32 Å². The van der Waals surface area contributed by atoms with Gasteiger partial charge >= 0.3 is 5.97 Å². The predicted molar refractivity (Wildman–Crippen MR) is 140 cm³/mol. The normalized spacial score (nSPS) is 11.6. The summed E-state index contributed by atoms with van der Waals surface area (Å²) in [5.74, 6) is -1.61. The number of nitrogens with one attached hydrogen (secondary N) is 1. The fourth-order valence-electron chi connectivity index (χ4n) is 3.84. The maximum atomic E-state index is 13.1. The van der Waals surface area contributed by atoms with E-state index in [0.717, 1.165) is 16.8 Å². The van der Waals surface area contributed by atoms with Gasteiger partial charge in [-0.05, 0) is 49.4 Å². The lowest BCUT2D eigenvalue weighted by molar-refractivity contribution is -0.123. The van der Waals surface area contributed by atoms with Crippen LogP contribution in [0.2, 0.25) is 0 Å². The number of carbonyl (C=O) groups is 2. The van der Waals surface area contributed by atoms with Crippen LogP contribution in [0, 0.1) is 5.82 Å². The van der Waals surface area contributed by atoms with E-state index >= 15 is 0 Å². The maximum Gasteiger partial charge on any atom is 0.338 e. The number of anilines is 1. The van der Waals surface area contributed by atoms with Gasteiger partial charge in [0.2, 0.25) is 0 Å². The van der Waals surface area contributed by atoms with Crippen LogP contribution >= 0.6 is 0 Å². The van der Waals surface area contributed by atoms with Crippen LogP contribution in [0.1, 0.15) is 17.3 Å². The summed E-state index contributed by atoms with van der Waals surface area (Å²) in [6.45, 7) is 1.47. The molecule has 7 heteroatoms. The van der Waals surface area contributed by atoms with Gasteiger partial charge in [0, 0.05) is 16.8 Å². The van der Waals surface area contributed by atoms with E-state index in [1.54, 1.807) is 18.2 Å². The Balaban J connectivity index is 1.42. The molecule has 1 heterocycles. The number of esters is 1. The van der Waals surface area contributed by atoms with Crippen molar-refractivity contribution in [2.45, 2.75) is 13.0 Å². The van der Waals surface area contributed by atoms with Gasteiger partial charge in [0.15, 0.2) is 6.10 Å².